The number of carbonyl (C=O) groups excluding carboxylic acids is 1. The lowest BCUT2D eigenvalue weighted by atomic mass is 9.85. The van der Waals surface area contributed by atoms with Crippen molar-refractivity contribution in [2.45, 2.75) is 58.3 Å². The minimum atomic E-state index is -5.36. The largest absolute Gasteiger partial charge is 0.397 e. The first-order valence-electron chi connectivity index (χ1n) is 12.3. The highest BCUT2D eigenvalue weighted by Crippen LogP contribution is 2.76. The molecular weight excluding hydrogens is 546 g/mol. The van der Waals surface area contributed by atoms with E-state index in [0.717, 1.165) is 10.4 Å². The minimum Gasteiger partial charge on any atom is -0.397 e. The van der Waals surface area contributed by atoms with Crippen molar-refractivity contribution in [1.82, 2.24) is 0 Å². The van der Waals surface area contributed by atoms with Gasteiger partial charge in [-0.3, -0.25) is 13.9 Å². The number of nitrogens with one attached hydrogen (secondary N) is 1. The number of carbonyl (C=O) groups is 1. The van der Waals surface area contributed by atoms with Crippen LogP contribution in [0.4, 0.5) is 11.4 Å². The van der Waals surface area contributed by atoms with Gasteiger partial charge in [-0.1, -0.05) is 45.9 Å². The summed E-state index contributed by atoms with van der Waals surface area (Å²) in [4.78, 5) is 53.2. The van der Waals surface area contributed by atoms with Crippen LogP contribution in [0.1, 0.15) is 66.7 Å². The van der Waals surface area contributed by atoms with Gasteiger partial charge in [-0.15, -0.1) is 11.3 Å². The number of aryl methyl sites for hydroxylation is 1. The molecule has 0 bridgehead atoms. The summed E-state index contributed by atoms with van der Waals surface area (Å²) in [5.41, 5.74) is 9.34. The number of nitrogen functional groups attached to an aromatic ring is 1. The molecule has 0 saturated carbocycles. The number of thiophene rings is 1. The van der Waals surface area contributed by atoms with Crippen molar-refractivity contribution in [2.75, 3.05) is 11.1 Å². The number of anilines is 2. The Hall–Kier alpha value is -2.29. The van der Waals surface area contributed by atoms with Crippen LogP contribution in [0.3, 0.4) is 0 Å². The average Bonchev–Trinajstić information content (AvgIpc) is 3.38. The van der Waals surface area contributed by atoms with E-state index in [2.05, 4.69) is 5.32 Å². The Bertz CT molecular complexity index is 1410. The molecule has 0 aliphatic rings. The van der Waals surface area contributed by atoms with Crippen LogP contribution in [0.2, 0.25) is 0 Å². The van der Waals surface area contributed by atoms with E-state index in [1.807, 2.05) is 23.6 Å². The second kappa shape index (κ2) is 11.4. The Balaban J connectivity index is 2.26. The molecule has 1 aromatic heterocycles. The molecule has 9 nitrogen and oxygen atoms in total. The Morgan fingerprint density at radius 3 is 2.05 bits per heavy atom. The fraction of sp³-hybridized carbons (Fsp3) is 0.346. The predicted octanol–water partition coefficient (Wildman–Crippen LogP) is 5.86. The number of hydrogen-bond donors (Lipinski definition) is 6. The van der Waals surface area contributed by atoms with Crippen molar-refractivity contribution >= 4 is 43.8 Å². The predicted molar refractivity (Wildman–Crippen MR) is 153 cm³/mol. The van der Waals surface area contributed by atoms with Crippen molar-refractivity contribution in [3.05, 3.63) is 69.6 Å². The first kappa shape index (κ1) is 30.3. The van der Waals surface area contributed by atoms with Gasteiger partial charge in [-0.05, 0) is 77.1 Å². The Kier molecular flexibility index (Phi) is 9.11. The van der Waals surface area contributed by atoms with Gasteiger partial charge < -0.3 is 30.6 Å². The van der Waals surface area contributed by atoms with E-state index < -0.39 is 32.4 Å². The number of rotatable bonds is 10. The molecule has 0 aliphatic heterocycles. The molecule has 0 aliphatic carbocycles. The fourth-order valence-electron chi connectivity index (χ4n) is 5.09. The molecule has 1 heterocycles. The third-order valence-electron chi connectivity index (χ3n) is 6.94. The van der Waals surface area contributed by atoms with Crippen LogP contribution in [0.25, 0.3) is 10.4 Å². The van der Waals surface area contributed by atoms with Gasteiger partial charge in [0.05, 0.1) is 11.4 Å². The van der Waals surface area contributed by atoms with E-state index in [-0.39, 0.29) is 12.0 Å². The molecule has 7 N–H and O–H groups in total. The molecule has 12 heteroatoms. The molecule has 0 saturated heterocycles. The minimum absolute atomic E-state index is 0.103. The summed E-state index contributed by atoms with van der Waals surface area (Å²) in [7, 11) is -10.7. The maximum absolute atomic E-state index is 13.7. The summed E-state index contributed by atoms with van der Waals surface area (Å²) in [6.45, 7) is 6.64. The Morgan fingerprint density at radius 1 is 0.947 bits per heavy atom. The highest BCUT2D eigenvalue weighted by Gasteiger charge is 2.61. The maximum atomic E-state index is 13.7. The molecular formula is C26H34N2O7P2S. The Morgan fingerprint density at radius 2 is 1.58 bits per heavy atom. The normalized spacial score (nSPS) is 12.5. The van der Waals surface area contributed by atoms with Crippen LogP contribution >= 0.6 is 26.5 Å². The zero-order valence-corrected chi connectivity index (χ0v) is 24.4. The second-order valence-electron chi connectivity index (χ2n) is 8.97. The first-order chi connectivity index (χ1) is 17.8. The number of hydrogen-bond acceptors (Lipinski definition) is 5. The van der Waals surface area contributed by atoms with Crippen molar-refractivity contribution in [3.63, 3.8) is 0 Å². The molecule has 3 rings (SSSR count). The van der Waals surface area contributed by atoms with Crippen molar-refractivity contribution in [2.24, 2.45) is 0 Å². The third-order valence-corrected chi connectivity index (χ3v) is 12.5. The van der Waals surface area contributed by atoms with Gasteiger partial charge >= 0.3 is 15.2 Å². The lowest BCUT2D eigenvalue weighted by Gasteiger charge is -2.37. The summed E-state index contributed by atoms with van der Waals surface area (Å²) in [6.07, 6.45) is 0.318. The second-order valence-corrected chi connectivity index (χ2v) is 14.0. The SMILES string of the molecule is CCc1cc(C(CC)(P(=O)(O)O)P(=O)(O)O)c(CC)c(CC)c1C(=O)Nc1cc(-c2cccs2)ccc1N. The Labute approximate surface area is 226 Å². The summed E-state index contributed by atoms with van der Waals surface area (Å²) in [6, 6.07) is 10.6. The van der Waals surface area contributed by atoms with E-state index in [1.54, 1.807) is 44.2 Å². The van der Waals surface area contributed by atoms with E-state index in [4.69, 9.17) is 5.73 Å². The summed E-state index contributed by atoms with van der Waals surface area (Å²) in [5.74, 6) is -0.454. The van der Waals surface area contributed by atoms with E-state index >= 15 is 0 Å². The van der Waals surface area contributed by atoms with Crippen molar-refractivity contribution in [3.8, 4) is 10.4 Å². The van der Waals surface area contributed by atoms with Gasteiger partial charge in [0.1, 0.15) is 0 Å². The lowest BCUT2D eigenvalue weighted by Crippen LogP contribution is -2.29. The molecule has 3 aromatic rings. The molecule has 38 heavy (non-hydrogen) atoms. The van der Waals surface area contributed by atoms with Crippen LogP contribution in [0.15, 0.2) is 41.8 Å². The monoisotopic (exact) mass is 580 g/mol. The molecule has 1 amide bonds. The molecule has 0 fully saturated rings. The first-order valence-corrected chi connectivity index (χ1v) is 16.4. The quantitative estimate of drug-likeness (QED) is 0.128. The van der Waals surface area contributed by atoms with Gasteiger partial charge in [-0.2, -0.15) is 0 Å². The fourth-order valence-corrected chi connectivity index (χ4v) is 9.02. The van der Waals surface area contributed by atoms with Crippen molar-refractivity contribution in [1.29, 1.82) is 0 Å². The number of nitrogens with two attached hydrogens (primary N) is 1. The standard InChI is InChI=1S/C26H34N2O7P2S/c1-5-16-14-20(26(8-4,36(30,31)32)37(33,34)35)18(6-2)19(7-3)24(16)25(29)28-22-15-17(11-12-21(22)27)23-10-9-13-38-23/h9-15H,5-8,27H2,1-4H3,(H,28,29)(H2,30,31,32)(H2,33,34,35). The van der Waals surface area contributed by atoms with Gasteiger partial charge in [0.15, 0.2) is 4.90 Å². The summed E-state index contributed by atoms with van der Waals surface area (Å²) in [5, 5.41) is 4.84. The maximum Gasteiger partial charge on any atom is 0.348 e. The zero-order valence-electron chi connectivity index (χ0n) is 21.8. The molecule has 0 atom stereocenters. The number of benzene rings is 2. The van der Waals surface area contributed by atoms with Gasteiger partial charge in [0.2, 0.25) is 0 Å². The van der Waals surface area contributed by atoms with Crippen molar-refractivity contribution < 1.29 is 33.5 Å². The summed E-state index contributed by atoms with van der Waals surface area (Å²) < 4.78 is 25.5. The van der Waals surface area contributed by atoms with Gasteiger partial charge in [-0.25, -0.2) is 0 Å². The highest BCUT2D eigenvalue weighted by molar-refractivity contribution is 7.71. The lowest BCUT2D eigenvalue weighted by molar-refractivity contribution is 0.102. The summed E-state index contributed by atoms with van der Waals surface area (Å²) >= 11 is 1.55. The van der Waals surface area contributed by atoms with E-state index in [0.29, 0.717) is 46.5 Å². The molecule has 2 aromatic carbocycles. The van der Waals surface area contributed by atoms with Gasteiger partial charge in [0, 0.05) is 10.4 Å². The number of amides is 1. The van der Waals surface area contributed by atoms with E-state index in [1.165, 1.54) is 13.0 Å². The highest BCUT2D eigenvalue weighted by atomic mass is 32.1. The third kappa shape index (κ3) is 5.27. The zero-order chi connectivity index (χ0) is 28.5. The van der Waals surface area contributed by atoms with E-state index in [9.17, 15) is 33.5 Å². The van der Waals surface area contributed by atoms with Crippen LogP contribution in [0.5, 0.6) is 0 Å². The topological polar surface area (TPSA) is 170 Å². The van der Waals surface area contributed by atoms with Crippen LogP contribution in [-0.4, -0.2) is 25.5 Å². The van der Waals surface area contributed by atoms with Crippen LogP contribution < -0.4 is 11.1 Å². The average molecular weight is 581 g/mol. The van der Waals surface area contributed by atoms with Gasteiger partial charge in [0.25, 0.3) is 5.91 Å². The van der Waals surface area contributed by atoms with Crippen LogP contribution in [0, 0.1) is 0 Å². The molecule has 206 valence electrons. The molecule has 0 spiro atoms. The van der Waals surface area contributed by atoms with Crippen LogP contribution in [-0.2, 0) is 33.3 Å². The molecule has 0 unspecified atom stereocenters. The molecule has 0 radical (unpaired) electrons. The smallest absolute Gasteiger partial charge is 0.348 e.